The topological polar surface area (TPSA) is 52.6 Å². The third-order valence-electron chi connectivity index (χ3n) is 2.13. The average molecular weight is 248 g/mol. The van der Waals surface area contributed by atoms with Gasteiger partial charge in [0.05, 0.1) is 6.42 Å². The quantitative estimate of drug-likeness (QED) is 0.572. The molecule has 0 aliphatic rings. The zero-order valence-corrected chi connectivity index (χ0v) is 10.3. The number of hydrogen-bond acceptors (Lipinski definition) is 4. The summed E-state index contributed by atoms with van der Waals surface area (Å²) in [5.74, 6) is -0.890. The number of carbonyl (C=O) groups is 2. The Morgan fingerprint density at radius 2 is 1.83 bits per heavy atom. The number of rotatable bonds is 6. The Balaban J connectivity index is 2.19. The summed E-state index contributed by atoms with van der Waals surface area (Å²) in [5.41, 5.74) is 1.23. The summed E-state index contributed by atoms with van der Waals surface area (Å²) in [7, 11) is 0. The van der Waals surface area contributed by atoms with E-state index < -0.39 is 11.9 Å². The van der Waals surface area contributed by atoms with Crippen LogP contribution in [0.4, 0.5) is 0 Å². The molecule has 1 aromatic carbocycles. The minimum Gasteiger partial charge on any atom is -0.462 e. The van der Waals surface area contributed by atoms with Gasteiger partial charge in [0.2, 0.25) is 0 Å². The van der Waals surface area contributed by atoms with Gasteiger partial charge in [-0.3, -0.25) is 4.79 Å². The maximum absolute atomic E-state index is 11.3. The molecule has 1 aromatic rings. The predicted octanol–water partition coefficient (Wildman–Crippen LogP) is 2.24. The Hall–Kier alpha value is -2.10. The number of esters is 2. The van der Waals surface area contributed by atoms with Crippen LogP contribution in [0, 0.1) is 0 Å². The molecule has 0 aliphatic carbocycles. The van der Waals surface area contributed by atoms with Crippen molar-refractivity contribution in [1.29, 1.82) is 0 Å². The van der Waals surface area contributed by atoms with Gasteiger partial charge in [-0.25, -0.2) is 4.79 Å². The van der Waals surface area contributed by atoms with Crippen LogP contribution in [0.5, 0.6) is 0 Å². The number of hydrogen-bond donors (Lipinski definition) is 0. The first kappa shape index (κ1) is 14.0. The van der Waals surface area contributed by atoms with E-state index in [2.05, 4.69) is 6.58 Å². The Morgan fingerprint density at radius 1 is 1.17 bits per heavy atom. The lowest BCUT2D eigenvalue weighted by molar-refractivity contribution is -0.148. The van der Waals surface area contributed by atoms with Gasteiger partial charge in [-0.2, -0.15) is 0 Å². The van der Waals surface area contributed by atoms with Gasteiger partial charge in [-0.05, 0) is 12.5 Å². The first-order valence-corrected chi connectivity index (χ1v) is 5.62. The largest absolute Gasteiger partial charge is 0.462 e. The molecular weight excluding hydrogens is 232 g/mol. The van der Waals surface area contributed by atoms with Gasteiger partial charge in [-0.1, -0.05) is 36.9 Å². The van der Waals surface area contributed by atoms with E-state index in [-0.39, 0.29) is 19.6 Å². The fourth-order valence-corrected chi connectivity index (χ4v) is 1.16. The molecule has 0 fully saturated rings. The molecule has 4 heteroatoms. The molecule has 0 N–H and O–H groups in total. The van der Waals surface area contributed by atoms with Crippen molar-refractivity contribution in [3.8, 4) is 0 Å². The summed E-state index contributed by atoms with van der Waals surface area (Å²) >= 11 is 0. The van der Waals surface area contributed by atoms with Crippen molar-refractivity contribution in [2.24, 2.45) is 0 Å². The third-order valence-corrected chi connectivity index (χ3v) is 2.13. The minimum atomic E-state index is -0.495. The monoisotopic (exact) mass is 248 g/mol. The average Bonchev–Trinajstić information content (AvgIpc) is 2.37. The van der Waals surface area contributed by atoms with Crippen LogP contribution in [0.1, 0.15) is 18.9 Å². The van der Waals surface area contributed by atoms with Crippen LogP contribution in [0.2, 0.25) is 0 Å². The predicted molar refractivity (Wildman–Crippen MR) is 66.6 cm³/mol. The number of carbonyl (C=O) groups excluding carboxylic acids is 2. The van der Waals surface area contributed by atoms with Crippen molar-refractivity contribution in [3.05, 3.63) is 48.0 Å². The first-order chi connectivity index (χ1) is 8.59. The lowest BCUT2D eigenvalue weighted by atomic mass is 10.2. The van der Waals surface area contributed by atoms with Crippen LogP contribution in [0.25, 0.3) is 0 Å². The highest BCUT2D eigenvalue weighted by molar-refractivity contribution is 5.87. The van der Waals surface area contributed by atoms with Crippen LogP contribution in [0.3, 0.4) is 0 Å². The van der Waals surface area contributed by atoms with Gasteiger partial charge in [0, 0.05) is 5.57 Å². The van der Waals surface area contributed by atoms with Crippen LogP contribution in [-0.2, 0) is 25.7 Å². The Labute approximate surface area is 106 Å². The van der Waals surface area contributed by atoms with Gasteiger partial charge in [0.15, 0.2) is 0 Å². The molecule has 0 spiro atoms. The molecule has 0 saturated heterocycles. The molecule has 18 heavy (non-hydrogen) atoms. The highest BCUT2D eigenvalue weighted by Gasteiger charge is 2.07. The second kappa shape index (κ2) is 7.27. The summed E-state index contributed by atoms with van der Waals surface area (Å²) < 4.78 is 9.80. The van der Waals surface area contributed by atoms with Crippen LogP contribution >= 0.6 is 0 Å². The van der Waals surface area contributed by atoms with Crippen molar-refractivity contribution >= 4 is 11.9 Å². The molecule has 0 atom stereocenters. The Bertz CT molecular complexity index is 423. The van der Waals surface area contributed by atoms with Gasteiger partial charge in [0.25, 0.3) is 0 Å². The van der Waals surface area contributed by atoms with Gasteiger partial charge in [0.1, 0.15) is 13.2 Å². The molecule has 0 heterocycles. The summed E-state index contributed by atoms with van der Waals surface area (Å²) in [6, 6.07) is 9.38. The summed E-state index contributed by atoms with van der Waals surface area (Å²) in [6.07, 6.45) is 0.0475. The number of ether oxygens (including phenoxy) is 2. The number of benzene rings is 1. The van der Waals surface area contributed by atoms with E-state index in [1.807, 2.05) is 30.3 Å². The van der Waals surface area contributed by atoms with Gasteiger partial charge < -0.3 is 9.47 Å². The first-order valence-electron chi connectivity index (χ1n) is 5.62. The highest BCUT2D eigenvalue weighted by atomic mass is 16.5. The smallest absolute Gasteiger partial charge is 0.333 e. The summed E-state index contributed by atoms with van der Waals surface area (Å²) in [4.78, 5) is 22.4. The van der Waals surface area contributed by atoms with Crippen molar-refractivity contribution in [1.82, 2.24) is 0 Å². The molecule has 0 bridgehead atoms. The van der Waals surface area contributed by atoms with E-state index in [4.69, 9.17) is 9.47 Å². The standard InChI is InChI=1S/C14H16O4/c1-11(2)14(16)17-9-8-13(15)18-10-12-6-4-3-5-7-12/h3-7H,1,8-10H2,2H3. The lowest BCUT2D eigenvalue weighted by Gasteiger charge is -2.05. The second-order valence-corrected chi connectivity index (χ2v) is 3.81. The third kappa shape index (κ3) is 5.30. The molecule has 0 unspecified atom stereocenters. The SMILES string of the molecule is C=C(C)C(=O)OCCC(=O)OCc1ccccc1. The van der Waals surface area contributed by atoms with Gasteiger partial charge >= 0.3 is 11.9 Å². The molecule has 0 aromatic heterocycles. The van der Waals surface area contributed by atoms with E-state index in [0.717, 1.165) is 5.56 Å². The van der Waals surface area contributed by atoms with E-state index in [1.54, 1.807) is 6.92 Å². The zero-order chi connectivity index (χ0) is 13.4. The minimum absolute atomic E-state index is 0.0132. The van der Waals surface area contributed by atoms with Crippen LogP contribution in [0.15, 0.2) is 42.5 Å². The molecule has 0 aliphatic heterocycles. The maximum Gasteiger partial charge on any atom is 0.333 e. The van der Waals surface area contributed by atoms with Crippen LogP contribution < -0.4 is 0 Å². The van der Waals surface area contributed by atoms with E-state index in [9.17, 15) is 9.59 Å². The van der Waals surface area contributed by atoms with Crippen molar-refractivity contribution in [3.63, 3.8) is 0 Å². The van der Waals surface area contributed by atoms with Crippen molar-refractivity contribution in [2.45, 2.75) is 20.0 Å². The normalized spacial score (nSPS) is 9.61. The summed E-state index contributed by atoms with van der Waals surface area (Å²) in [6.45, 7) is 5.23. The summed E-state index contributed by atoms with van der Waals surface area (Å²) in [5, 5.41) is 0. The molecule has 0 amide bonds. The lowest BCUT2D eigenvalue weighted by Crippen LogP contribution is -2.12. The van der Waals surface area contributed by atoms with E-state index >= 15 is 0 Å². The maximum atomic E-state index is 11.3. The molecular formula is C14H16O4. The fraction of sp³-hybridized carbons (Fsp3) is 0.286. The van der Waals surface area contributed by atoms with Crippen molar-refractivity contribution in [2.75, 3.05) is 6.61 Å². The molecule has 4 nitrogen and oxygen atoms in total. The second-order valence-electron chi connectivity index (χ2n) is 3.81. The molecule has 96 valence electrons. The fourth-order valence-electron chi connectivity index (χ4n) is 1.16. The van der Waals surface area contributed by atoms with E-state index in [1.165, 1.54) is 0 Å². The van der Waals surface area contributed by atoms with Crippen molar-refractivity contribution < 1.29 is 19.1 Å². The molecule has 0 saturated carbocycles. The highest BCUT2D eigenvalue weighted by Crippen LogP contribution is 2.02. The van der Waals surface area contributed by atoms with Crippen LogP contribution in [-0.4, -0.2) is 18.5 Å². The Morgan fingerprint density at radius 3 is 2.44 bits per heavy atom. The molecule has 1 rings (SSSR count). The molecule has 0 radical (unpaired) electrons. The zero-order valence-electron chi connectivity index (χ0n) is 10.3. The van der Waals surface area contributed by atoms with E-state index in [0.29, 0.717) is 5.57 Å². The van der Waals surface area contributed by atoms with Gasteiger partial charge in [-0.15, -0.1) is 0 Å². The Kier molecular flexibility index (Phi) is 5.64.